The molecule has 6 nitrogen and oxygen atoms in total. The molecule has 0 atom stereocenters. The van der Waals surface area contributed by atoms with E-state index in [2.05, 4.69) is 57.3 Å². The smallest absolute Gasteiger partial charge is 0.223 e. The first kappa shape index (κ1) is 17.0. The third-order valence-electron chi connectivity index (χ3n) is 5.27. The number of hydrogen-bond donors (Lipinski definition) is 1. The number of nitrogens with zero attached hydrogens (tertiary/aromatic N) is 4. The Morgan fingerprint density at radius 3 is 2.73 bits per heavy atom. The van der Waals surface area contributed by atoms with Gasteiger partial charge in [-0.05, 0) is 51.4 Å². The lowest BCUT2D eigenvalue weighted by molar-refractivity contribution is 0.200. The molecular weight excluding hydrogens is 326 g/mol. The molecule has 26 heavy (non-hydrogen) atoms. The van der Waals surface area contributed by atoms with Crippen molar-refractivity contribution in [1.29, 1.82) is 0 Å². The van der Waals surface area contributed by atoms with Crippen molar-refractivity contribution in [3.63, 3.8) is 0 Å². The van der Waals surface area contributed by atoms with E-state index in [1.165, 1.54) is 22.3 Å². The quantitative estimate of drug-likeness (QED) is 0.775. The van der Waals surface area contributed by atoms with Crippen molar-refractivity contribution in [2.75, 3.05) is 13.1 Å². The summed E-state index contributed by atoms with van der Waals surface area (Å²) in [7, 11) is 0. The summed E-state index contributed by atoms with van der Waals surface area (Å²) in [4.78, 5) is 6.88. The minimum atomic E-state index is 0.409. The Labute approximate surface area is 153 Å². The zero-order valence-corrected chi connectivity index (χ0v) is 15.6. The Kier molecular flexibility index (Phi) is 4.59. The monoisotopic (exact) mass is 351 g/mol. The number of rotatable bonds is 4. The number of piperidine rings is 1. The van der Waals surface area contributed by atoms with Crippen LogP contribution < -0.4 is 0 Å². The molecule has 2 aromatic heterocycles. The maximum atomic E-state index is 5.13. The molecule has 0 radical (unpaired) electrons. The molecule has 1 fully saturated rings. The van der Waals surface area contributed by atoms with Crippen molar-refractivity contribution < 1.29 is 4.52 Å². The Morgan fingerprint density at radius 2 is 2.00 bits per heavy atom. The van der Waals surface area contributed by atoms with E-state index in [0.717, 1.165) is 44.0 Å². The summed E-state index contributed by atoms with van der Waals surface area (Å²) < 4.78 is 5.13. The average molecular weight is 351 g/mol. The summed E-state index contributed by atoms with van der Waals surface area (Å²) in [5.74, 6) is 1.92. The van der Waals surface area contributed by atoms with E-state index >= 15 is 0 Å². The second-order valence-electron chi connectivity index (χ2n) is 7.31. The largest absolute Gasteiger partial charge is 0.340 e. The molecule has 3 heterocycles. The van der Waals surface area contributed by atoms with Crippen LogP contribution in [-0.4, -0.2) is 38.3 Å². The molecule has 0 saturated carbocycles. The van der Waals surface area contributed by atoms with Gasteiger partial charge in [-0.15, -0.1) is 0 Å². The Morgan fingerprint density at radius 1 is 1.19 bits per heavy atom. The predicted molar refractivity (Wildman–Crippen MR) is 99.8 cm³/mol. The van der Waals surface area contributed by atoms with Gasteiger partial charge in [-0.2, -0.15) is 10.1 Å². The highest BCUT2D eigenvalue weighted by Gasteiger charge is 2.25. The van der Waals surface area contributed by atoms with Gasteiger partial charge in [0.2, 0.25) is 5.89 Å². The van der Waals surface area contributed by atoms with Gasteiger partial charge in [-0.3, -0.25) is 10.00 Å². The molecule has 4 rings (SSSR count). The van der Waals surface area contributed by atoms with Crippen molar-refractivity contribution >= 4 is 0 Å². The topological polar surface area (TPSA) is 70.8 Å². The summed E-state index contributed by atoms with van der Waals surface area (Å²) in [6.07, 6.45) is 4.09. The Balaban J connectivity index is 1.45. The number of likely N-dealkylation sites (tertiary alicyclic amines) is 1. The van der Waals surface area contributed by atoms with Crippen molar-refractivity contribution in [2.45, 2.75) is 46.1 Å². The number of aryl methyl sites for hydroxylation is 3. The van der Waals surface area contributed by atoms with Gasteiger partial charge in [0.05, 0.1) is 11.9 Å². The predicted octanol–water partition coefficient (Wildman–Crippen LogP) is 3.76. The molecule has 136 valence electrons. The van der Waals surface area contributed by atoms with Gasteiger partial charge < -0.3 is 4.52 Å². The molecule has 1 saturated heterocycles. The molecule has 1 N–H and O–H groups in total. The van der Waals surface area contributed by atoms with E-state index in [4.69, 9.17) is 4.52 Å². The van der Waals surface area contributed by atoms with Crippen LogP contribution in [0.25, 0.3) is 11.3 Å². The molecule has 0 aliphatic carbocycles. The lowest BCUT2D eigenvalue weighted by atomic mass is 9.95. The van der Waals surface area contributed by atoms with Crippen LogP contribution in [0.4, 0.5) is 0 Å². The van der Waals surface area contributed by atoms with Gasteiger partial charge in [-0.1, -0.05) is 22.9 Å². The molecule has 1 aromatic carbocycles. The van der Waals surface area contributed by atoms with E-state index in [9.17, 15) is 0 Å². The van der Waals surface area contributed by atoms with Crippen LogP contribution in [0, 0.1) is 20.8 Å². The van der Waals surface area contributed by atoms with E-state index in [-0.39, 0.29) is 0 Å². The van der Waals surface area contributed by atoms with Gasteiger partial charge >= 0.3 is 0 Å². The van der Waals surface area contributed by atoms with E-state index < -0.39 is 0 Å². The second kappa shape index (κ2) is 7.03. The van der Waals surface area contributed by atoms with Crippen LogP contribution in [0.5, 0.6) is 0 Å². The maximum Gasteiger partial charge on any atom is 0.223 e. The van der Waals surface area contributed by atoms with Crippen LogP contribution in [-0.2, 0) is 6.54 Å². The lowest BCUT2D eigenvalue weighted by Gasteiger charge is -2.30. The fourth-order valence-electron chi connectivity index (χ4n) is 3.74. The number of H-pyrrole nitrogens is 1. The van der Waals surface area contributed by atoms with Crippen LogP contribution in [0.3, 0.4) is 0 Å². The molecule has 0 bridgehead atoms. The van der Waals surface area contributed by atoms with E-state index in [1.54, 1.807) is 0 Å². The van der Waals surface area contributed by atoms with Crippen LogP contribution in [0.2, 0.25) is 0 Å². The van der Waals surface area contributed by atoms with E-state index in [1.807, 2.05) is 13.1 Å². The molecule has 0 spiro atoms. The highest BCUT2D eigenvalue weighted by Crippen LogP contribution is 2.30. The third-order valence-corrected chi connectivity index (χ3v) is 5.27. The zero-order valence-electron chi connectivity index (χ0n) is 15.6. The highest BCUT2D eigenvalue weighted by molar-refractivity contribution is 5.67. The second-order valence-corrected chi connectivity index (χ2v) is 7.31. The Bertz CT molecular complexity index is 889. The van der Waals surface area contributed by atoms with Crippen molar-refractivity contribution in [1.82, 2.24) is 25.2 Å². The summed E-state index contributed by atoms with van der Waals surface area (Å²) in [6, 6.07) is 6.56. The van der Waals surface area contributed by atoms with Gasteiger partial charge in [0.15, 0.2) is 5.82 Å². The fourth-order valence-corrected chi connectivity index (χ4v) is 3.74. The third kappa shape index (κ3) is 3.42. The first-order chi connectivity index (χ1) is 12.6. The zero-order chi connectivity index (χ0) is 18.1. The van der Waals surface area contributed by atoms with Gasteiger partial charge in [0, 0.05) is 30.5 Å². The number of aromatic amines is 1. The van der Waals surface area contributed by atoms with Crippen LogP contribution in [0.15, 0.2) is 28.9 Å². The fraction of sp³-hybridized carbons (Fsp3) is 0.450. The van der Waals surface area contributed by atoms with Gasteiger partial charge in [-0.25, -0.2) is 0 Å². The highest BCUT2D eigenvalue weighted by atomic mass is 16.5. The molecule has 6 heteroatoms. The van der Waals surface area contributed by atoms with Gasteiger partial charge in [0.25, 0.3) is 0 Å². The van der Waals surface area contributed by atoms with Gasteiger partial charge in [0.1, 0.15) is 0 Å². The summed E-state index contributed by atoms with van der Waals surface area (Å²) in [5, 5.41) is 11.6. The first-order valence-electron chi connectivity index (χ1n) is 9.22. The minimum absolute atomic E-state index is 0.409. The van der Waals surface area contributed by atoms with Crippen molar-refractivity contribution in [2.24, 2.45) is 0 Å². The Hall–Kier alpha value is -2.47. The van der Waals surface area contributed by atoms with Crippen molar-refractivity contribution in [3.05, 3.63) is 52.8 Å². The maximum absolute atomic E-state index is 5.13. The molecule has 0 unspecified atom stereocenters. The van der Waals surface area contributed by atoms with Crippen LogP contribution in [0.1, 0.15) is 47.2 Å². The van der Waals surface area contributed by atoms with E-state index in [0.29, 0.717) is 11.8 Å². The molecule has 1 aliphatic rings. The molecular formula is C20H25N5O. The molecule has 0 amide bonds. The SMILES string of the molecule is Cc1ccc(C)c(-c2[nH]ncc2CN2CCC(c3noc(C)n3)CC2)c1. The average Bonchev–Trinajstić information content (AvgIpc) is 3.27. The first-order valence-corrected chi connectivity index (χ1v) is 9.22. The number of aromatic nitrogens is 4. The lowest BCUT2D eigenvalue weighted by Crippen LogP contribution is -2.32. The minimum Gasteiger partial charge on any atom is -0.340 e. The number of hydrogen-bond acceptors (Lipinski definition) is 5. The number of benzene rings is 1. The molecule has 3 aromatic rings. The summed E-state index contributed by atoms with van der Waals surface area (Å²) in [6.45, 7) is 9.11. The molecule has 1 aliphatic heterocycles. The normalized spacial score (nSPS) is 16.3. The van der Waals surface area contributed by atoms with Crippen molar-refractivity contribution in [3.8, 4) is 11.3 Å². The summed E-state index contributed by atoms with van der Waals surface area (Å²) >= 11 is 0. The summed E-state index contributed by atoms with van der Waals surface area (Å²) in [5.41, 5.74) is 6.18. The number of nitrogens with one attached hydrogen (secondary N) is 1. The standard InChI is InChI=1S/C20H25N5O/c1-13-4-5-14(2)18(10-13)19-17(11-21-23-19)12-25-8-6-16(7-9-25)20-22-15(3)26-24-20/h4-5,10-11,16H,6-9,12H2,1-3H3,(H,21,23). The van der Waals surface area contributed by atoms with Crippen LogP contribution >= 0.6 is 0 Å².